The molecule has 1 saturated heterocycles. The summed E-state index contributed by atoms with van der Waals surface area (Å²) in [5.74, 6) is 0.507. The zero-order chi connectivity index (χ0) is 30.5. The largest absolute Gasteiger partial charge is 0.492 e. The molecular weight excluding hydrogens is 573 g/mol. The molecule has 0 aromatic heterocycles. The Kier molecular flexibility index (Phi) is 7.85. The summed E-state index contributed by atoms with van der Waals surface area (Å²) in [6, 6.07) is 12.7. The van der Waals surface area contributed by atoms with Gasteiger partial charge in [0.05, 0.1) is 25.8 Å². The van der Waals surface area contributed by atoms with Crippen molar-refractivity contribution in [2.45, 2.75) is 64.1 Å². The number of halogens is 1. The van der Waals surface area contributed by atoms with Crippen molar-refractivity contribution in [2.75, 3.05) is 26.0 Å². The smallest absolute Gasteiger partial charge is 0.304 e. The van der Waals surface area contributed by atoms with Crippen LogP contribution in [0.2, 0.25) is 0 Å². The maximum atomic E-state index is 15.3. The van der Waals surface area contributed by atoms with E-state index in [9.17, 15) is 18.3 Å². The molecule has 0 bridgehead atoms. The van der Waals surface area contributed by atoms with Crippen LogP contribution in [-0.2, 0) is 21.2 Å². The normalized spacial score (nSPS) is 21.6. The molecule has 1 aliphatic carbocycles. The first kappa shape index (κ1) is 29.4. The van der Waals surface area contributed by atoms with E-state index in [1.54, 1.807) is 12.1 Å². The lowest BCUT2D eigenvalue weighted by molar-refractivity contribution is -0.137. The summed E-state index contributed by atoms with van der Waals surface area (Å²) in [7, 11) is -3.27. The molecule has 0 spiro atoms. The van der Waals surface area contributed by atoms with Crippen molar-refractivity contribution in [2.24, 2.45) is 0 Å². The molecule has 0 saturated carbocycles. The highest BCUT2D eigenvalue weighted by Gasteiger charge is 2.33. The van der Waals surface area contributed by atoms with Gasteiger partial charge in [0.25, 0.3) is 0 Å². The van der Waals surface area contributed by atoms with Gasteiger partial charge in [-0.1, -0.05) is 12.1 Å². The molecule has 1 unspecified atom stereocenters. The maximum Gasteiger partial charge on any atom is 0.304 e. The van der Waals surface area contributed by atoms with Crippen LogP contribution in [0.15, 0.2) is 42.5 Å². The van der Waals surface area contributed by atoms with Crippen LogP contribution in [-0.4, -0.2) is 55.9 Å². The van der Waals surface area contributed by atoms with E-state index in [1.165, 1.54) is 16.6 Å². The first-order chi connectivity index (χ1) is 20.5. The summed E-state index contributed by atoms with van der Waals surface area (Å²) in [6.07, 6.45) is 3.39. The van der Waals surface area contributed by atoms with Crippen LogP contribution in [0, 0.1) is 19.7 Å². The van der Waals surface area contributed by atoms with Crippen molar-refractivity contribution < 1.29 is 36.9 Å². The predicted octanol–water partition coefficient (Wildman–Crippen LogP) is 5.93. The minimum Gasteiger partial charge on any atom is -0.492 e. The monoisotopic (exact) mass is 609 g/mol. The zero-order valence-corrected chi connectivity index (χ0v) is 25.4. The van der Waals surface area contributed by atoms with Gasteiger partial charge in [-0.25, -0.2) is 12.8 Å². The molecule has 1 fully saturated rings. The van der Waals surface area contributed by atoms with Crippen molar-refractivity contribution >= 4 is 16.0 Å². The van der Waals surface area contributed by atoms with Crippen LogP contribution >= 0.6 is 0 Å². The second kappa shape index (κ2) is 11.5. The molecule has 43 heavy (non-hydrogen) atoms. The number of nitrogens with zero attached hydrogens (tertiary/aromatic N) is 1. The molecule has 2 heterocycles. The topological polar surface area (TPSA) is 102 Å². The highest BCUT2D eigenvalue weighted by atomic mass is 32.2. The molecule has 3 aliphatic rings. The number of hydrogen-bond donors (Lipinski definition) is 1. The second-order valence-corrected chi connectivity index (χ2v) is 13.9. The van der Waals surface area contributed by atoms with E-state index in [-0.39, 0.29) is 24.3 Å². The number of fused-ring (bicyclic) bond motifs is 2. The van der Waals surface area contributed by atoms with E-state index in [0.29, 0.717) is 55.4 Å². The minimum atomic E-state index is -3.27. The Morgan fingerprint density at radius 3 is 2.56 bits per heavy atom. The summed E-state index contributed by atoms with van der Waals surface area (Å²) in [5, 5.41) is 9.17. The Bertz CT molecular complexity index is 1670. The van der Waals surface area contributed by atoms with E-state index in [4.69, 9.17) is 14.2 Å². The SMILES string of the molecule is Cc1cc(O[C@H]2CCCN(S(C)(=O)=O)C2)cc(C)c1-c1ccc(F)c2c1CCC2Oc1ccc2c(c1)OC[C@H]2CC(=O)O. The molecule has 1 N–H and O–H groups in total. The Balaban J connectivity index is 1.23. The van der Waals surface area contributed by atoms with E-state index in [2.05, 4.69) is 0 Å². The summed E-state index contributed by atoms with van der Waals surface area (Å²) in [4.78, 5) is 11.2. The first-order valence-electron chi connectivity index (χ1n) is 14.7. The van der Waals surface area contributed by atoms with E-state index in [1.807, 2.05) is 38.1 Å². The van der Waals surface area contributed by atoms with Gasteiger partial charge >= 0.3 is 5.97 Å². The summed E-state index contributed by atoms with van der Waals surface area (Å²) in [6.45, 7) is 5.20. The summed E-state index contributed by atoms with van der Waals surface area (Å²) in [5.41, 5.74) is 6.33. The van der Waals surface area contributed by atoms with Gasteiger partial charge in [0.15, 0.2) is 0 Å². The number of carbonyl (C=O) groups is 1. The number of carboxylic acid groups (broad SMARTS) is 1. The molecule has 3 aromatic carbocycles. The number of aryl methyl sites for hydroxylation is 2. The average Bonchev–Trinajstić information content (AvgIpc) is 3.53. The van der Waals surface area contributed by atoms with Gasteiger partial charge in [0.1, 0.15) is 35.3 Å². The number of piperidine rings is 1. The van der Waals surface area contributed by atoms with Gasteiger partial charge in [-0.2, -0.15) is 4.31 Å². The molecule has 0 amide bonds. The molecule has 10 heteroatoms. The van der Waals surface area contributed by atoms with Crippen molar-refractivity contribution in [1.29, 1.82) is 0 Å². The second-order valence-electron chi connectivity index (χ2n) is 11.9. The van der Waals surface area contributed by atoms with Crippen LogP contribution in [0.4, 0.5) is 4.39 Å². The molecule has 3 aromatic rings. The highest BCUT2D eigenvalue weighted by Crippen LogP contribution is 2.45. The molecule has 8 nitrogen and oxygen atoms in total. The van der Waals surface area contributed by atoms with Crippen LogP contribution < -0.4 is 14.2 Å². The van der Waals surface area contributed by atoms with Gasteiger partial charge in [-0.05, 0) is 91.6 Å². The maximum absolute atomic E-state index is 15.3. The van der Waals surface area contributed by atoms with E-state index >= 15 is 4.39 Å². The van der Waals surface area contributed by atoms with Gasteiger partial charge in [0.2, 0.25) is 10.0 Å². The molecule has 6 rings (SSSR count). The van der Waals surface area contributed by atoms with E-state index < -0.39 is 22.1 Å². The Hall–Kier alpha value is -3.63. The Morgan fingerprint density at radius 1 is 1.07 bits per heavy atom. The predicted molar refractivity (Wildman–Crippen MR) is 160 cm³/mol. The van der Waals surface area contributed by atoms with Crippen LogP contribution in [0.25, 0.3) is 11.1 Å². The number of hydrogen-bond acceptors (Lipinski definition) is 6. The van der Waals surface area contributed by atoms with Gasteiger partial charge in [-0.15, -0.1) is 0 Å². The Morgan fingerprint density at radius 2 is 1.84 bits per heavy atom. The van der Waals surface area contributed by atoms with Gasteiger partial charge in [0, 0.05) is 29.7 Å². The average molecular weight is 610 g/mol. The molecule has 2 aliphatic heterocycles. The third kappa shape index (κ3) is 5.95. The quantitative estimate of drug-likeness (QED) is 0.338. The molecule has 228 valence electrons. The standard InChI is InChI=1S/C33H36FNO7S/c1-19-13-24(41-23-5-4-12-35(17-23)43(3,38)39)14-20(2)32(19)26-8-10-28(34)33-27(26)9-11-29(33)42-22-6-7-25-21(15-31(36)37)18-40-30(25)16-22/h6-8,10,13-14,16,21,23,29H,4-5,9,11-12,15,17-18H2,1-3H3,(H,36,37)/t21-,23+,29?/m1/s1. The molecule has 3 atom stereocenters. The lowest BCUT2D eigenvalue weighted by Gasteiger charge is -2.31. The number of sulfonamides is 1. The lowest BCUT2D eigenvalue weighted by atomic mass is 9.90. The number of aliphatic carboxylic acids is 1. The number of carboxylic acids is 1. The summed E-state index contributed by atoms with van der Waals surface area (Å²) < 4.78 is 59.2. The van der Waals surface area contributed by atoms with Crippen molar-refractivity contribution in [3.63, 3.8) is 0 Å². The van der Waals surface area contributed by atoms with Crippen LogP contribution in [0.1, 0.15) is 65.5 Å². The Labute approximate surface area is 251 Å². The minimum absolute atomic E-state index is 0.00546. The fourth-order valence-corrected chi connectivity index (χ4v) is 7.71. The van der Waals surface area contributed by atoms with Gasteiger partial charge < -0.3 is 19.3 Å². The zero-order valence-electron chi connectivity index (χ0n) is 24.6. The first-order valence-corrected chi connectivity index (χ1v) is 16.5. The highest BCUT2D eigenvalue weighted by molar-refractivity contribution is 7.88. The van der Waals surface area contributed by atoms with Crippen molar-refractivity contribution in [3.05, 3.63) is 76.1 Å². The van der Waals surface area contributed by atoms with E-state index in [0.717, 1.165) is 46.2 Å². The van der Waals surface area contributed by atoms with Gasteiger partial charge in [-0.3, -0.25) is 4.79 Å². The number of benzene rings is 3. The van der Waals surface area contributed by atoms with Crippen molar-refractivity contribution in [3.8, 4) is 28.4 Å². The lowest BCUT2D eigenvalue weighted by Crippen LogP contribution is -2.43. The van der Waals surface area contributed by atoms with Crippen LogP contribution in [0.5, 0.6) is 17.2 Å². The fourth-order valence-electron chi connectivity index (χ4n) is 6.81. The third-order valence-electron chi connectivity index (χ3n) is 8.73. The van der Waals surface area contributed by atoms with Crippen LogP contribution in [0.3, 0.4) is 0 Å². The number of rotatable bonds is 8. The molecular formula is C33H36FNO7S. The third-order valence-corrected chi connectivity index (χ3v) is 10.0. The fraction of sp³-hybridized carbons (Fsp3) is 0.424. The number of ether oxygens (including phenoxy) is 3. The molecule has 0 radical (unpaired) electrons. The van der Waals surface area contributed by atoms with Crippen molar-refractivity contribution in [1.82, 2.24) is 4.31 Å². The summed E-state index contributed by atoms with van der Waals surface area (Å²) >= 11 is 0.